The fraction of sp³-hybridized carbons (Fsp3) is 0.417. The molecule has 0 heterocycles. The molecule has 3 heteroatoms. The predicted octanol–water partition coefficient (Wildman–Crippen LogP) is 3.18. The Kier molecular flexibility index (Phi) is 4.63. The lowest BCUT2D eigenvalue weighted by Gasteiger charge is -2.05. The first kappa shape index (κ1) is 12.1. The van der Waals surface area contributed by atoms with Crippen LogP contribution in [0.15, 0.2) is 18.2 Å². The van der Waals surface area contributed by atoms with Gasteiger partial charge in [0.05, 0.1) is 0 Å². The molecule has 0 fully saturated rings. The number of aryl methyl sites for hydroxylation is 1. The van der Waals surface area contributed by atoms with Gasteiger partial charge in [0, 0.05) is 17.1 Å². The summed E-state index contributed by atoms with van der Waals surface area (Å²) in [6, 6.07) is 5.31. The SMILES string of the molecule is CCCCNC(=O)c1ccc(Cl)c(C)c1. The van der Waals surface area contributed by atoms with Crippen LogP contribution in [0.5, 0.6) is 0 Å². The van der Waals surface area contributed by atoms with Gasteiger partial charge < -0.3 is 5.32 Å². The van der Waals surface area contributed by atoms with Crippen LogP contribution in [-0.2, 0) is 0 Å². The van der Waals surface area contributed by atoms with Crippen molar-refractivity contribution in [3.05, 3.63) is 34.3 Å². The van der Waals surface area contributed by atoms with Gasteiger partial charge in [0.1, 0.15) is 0 Å². The van der Waals surface area contributed by atoms with Crippen LogP contribution in [0.25, 0.3) is 0 Å². The number of unbranched alkanes of at least 4 members (excludes halogenated alkanes) is 1. The van der Waals surface area contributed by atoms with Crippen LogP contribution >= 0.6 is 11.6 Å². The maximum atomic E-state index is 11.6. The van der Waals surface area contributed by atoms with Gasteiger partial charge in [-0.3, -0.25) is 4.79 Å². The van der Waals surface area contributed by atoms with Crippen LogP contribution in [0, 0.1) is 6.92 Å². The predicted molar refractivity (Wildman–Crippen MR) is 63.4 cm³/mol. The molecule has 0 unspecified atom stereocenters. The van der Waals surface area contributed by atoms with Crippen LogP contribution in [-0.4, -0.2) is 12.5 Å². The third-order valence-corrected chi connectivity index (χ3v) is 2.66. The van der Waals surface area contributed by atoms with Crippen LogP contribution in [0.2, 0.25) is 5.02 Å². The molecule has 0 saturated heterocycles. The molecular formula is C12H16ClNO. The highest BCUT2D eigenvalue weighted by molar-refractivity contribution is 6.31. The zero-order chi connectivity index (χ0) is 11.3. The molecule has 1 N–H and O–H groups in total. The van der Waals surface area contributed by atoms with Gasteiger partial charge in [0.25, 0.3) is 5.91 Å². The maximum Gasteiger partial charge on any atom is 0.251 e. The van der Waals surface area contributed by atoms with E-state index in [0.717, 1.165) is 24.9 Å². The molecule has 0 aliphatic heterocycles. The van der Waals surface area contributed by atoms with E-state index < -0.39 is 0 Å². The summed E-state index contributed by atoms with van der Waals surface area (Å²) in [4.78, 5) is 11.6. The Morgan fingerprint density at radius 1 is 1.47 bits per heavy atom. The monoisotopic (exact) mass is 225 g/mol. The first-order chi connectivity index (χ1) is 7.15. The summed E-state index contributed by atoms with van der Waals surface area (Å²) >= 11 is 5.88. The van der Waals surface area contributed by atoms with Gasteiger partial charge in [-0.25, -0.2) is 0 Å². The average Bonchev–Trinajstić information content (AvgIpc) is 2.22. The van der Waals surface area contributed by atoms with E-state index in [0.29, 0.717) is 10.6 Å². The number of benzene rings is 1. The topological polar surface area (TPSA) is 29.1 Å². The summed E-state index contributed by atoms with van der Waals surface area (Å²) in [7, 11) is 0. The molecule has 0 spiro atoms. The Hall–Kier alpha value is -1.02. The van der Waals surface area contributed by atoms with Crippen LogP contribution in [0.4, 0.5) is 0 Å². The molecular weight excluding hydrogens is 210 g/mol. The molecule has 0 radical (unpaired) electrons. The molecule has 1 rings (SSSR count). The zero-order valence-electron chi connectivity index (χ0n) is 9.14. The summed E-state index contributed by atoms with van der Waals surface area (Å²) in [6.07, 6.45) is 2.10. The number of carbonyl (C=O) groups excluding carboxylic acids is 1. The molecule has 1 aromatic carbocycles. The van der Waals surface area contributed by atoms with E-state index in [1.165, 1.54) is 0 Å². The van der Waals surface area contributed by atoms with E-state index in [1.54, 1.807) is 12.1 Å². The molecule has 82 valence electrons. The largest absolute Gasteiger partial charge is 0.352 e. The van der Waals surface area contributed by atoms with Crippen molar-refractivity contribution in [3.8, 4) is 0 Å². The minimum atomic E-state index is -0.0248. The number of carbonyl (C=O) groups is 1. The summed E-state index contributed by atoms with van der Waals surface area (Å²) < 4.78 is 0. The van der Waals surface area contributed by atoms with Crippen LogP contribution in [0.3, 0.4) is 0 Å². The summed E-state index contributed by atoms with van der Waals surface area (Å²) in [5.41, 5.74) is 1.60. The molecule has 2 nitrogen and oxygen atoms in total. The molecule has 0 aromatic heterocycles. The Bertz CT molecular complexity index is 349. The van der Waals surface area contributed by atoms with Crippen molar-refractivity contribution >= 4 is 17.5 Å². The highest BCUT2D eigenvalue weighted by Gasteiger charge is 2.05. The van der Waals surface area contributed by atoms with Gasteiger partial charge in [0.15, 0.2) is 0 Å². The van der Waals surface area contributed by atoms with Crippen molar-refractivity contribution in [2.45, 2.75) is 26.7 Å². The maximum absolute atomic E-state index is 11.6. The molecule has 1 aromatic rings. The summed E-state index contributed by atoms with van der Waals surface area (Å²) in [5, 5.41) is 3.56. The summed E-state index contributed by atoms with van der Waals surface area (Å²) in [6.45, 7) is 4.72. The van der Waals surface area contributed by atoms with E-state index in [2.05, 4.69) is 12.2 Å². The quantitative estimate of drug-likeness (QED) is 0.784. The number of rotatable bonds is 4. The number of amides is 1. The Morgan fingerprint density at radius 2 is 2.20 bits per heavy atom. The highest BCUT2D eigenvalue weighted by atomic mass is 35.5. The lowest BCUT2D eigenvalue weighted by atomic mass is 10.1. The Labute approximate surface area is 95.6 Å². The zero-order valence-corrected chi connectivity index (χ0v) is 9.90. The summed E-state index contributed by atoms with van der Waals surface area (Å²) in [5.74, 6) is -0.0248. The van der Waals surface area contributed by atoms with E-state index in [4.69, 9.17) is 11.6 Å². The number of nitrogens with one attached hydrogen (secondary N) is 1. The second-order valence-electron chi connectivity index (χ2n) is 3.57. The van der Waals surface area contributed by atoms with Crippen molar-refractivity contribution in [3.63, 3.8) is 0 Å². The third kappa shape index (κ3) is 3.56. The second-order valence-corrected chi connectivity index (χ2v) is 3.98. The minimum absolute atomic E-state index is 0.0248. The van der Waals surface area contributed by atoms with Crippen LogP contribution in [0.1, 0.15) is 35.7 Å². The van der Waals surface area contributed by atoms with E-state index >= 15 is 0 Å². The van der Waals surface area contributed by atoms with Crippen LogP contribution < -0.4 is 5.32 Å². The number of hydrogen-bond donors (Lipinski definition) is 1. The van der Waals surface area contributed by atoms with Gasteiger partial charge in [-0.2, -0.15) is 0 Å². The molecule has 0 atom stereocenters. The minimum Gasteiger partial charge on any atom is -0.352 e. The van der Waals surface area contributed by atoms with Gasteiger partial charge in [-0.05, 0) is 37.1 Å². The first-order valence-electron chi connectivity index (χ1n) is 5.19. The van der Waals surface area contributed by atoms with Gasteiger partial charge in [-0.1, -0.05) is 24.9 Å². The van der Waals surface area contributed by atoms with Crippen molar-refractivity contribution < 1.29 is 4.79 Å². The first-order valence-corrected chi connectivity index (χ1v) is 5.57. The molecule has 0 bridgehead atoms. The standard InChI is InChI=1S/C12H16ClNO/c1-3-4-7-14-12(15)10-5-6-11(13)9(2)8-10/h5-6,8H,3-4,7H2,1-2H3,(H,14,15). The number of halogens is 1. The lowest BCUT2D eigenvalue weighted by molar-refractivity contribution is 0.0953. The molecule has 0 saturated carbocycles. The number of hydrogen-bond acceptors (Lipinski definition) is 1. The van der Waals surface area contributed by atoms with Gasteiger partial charge >= 0.3 is 0 Å². The van der Waals surface area contributed by atoms with E-state index in [1.807, 2.05) is 13.0 Å². The Balaban J connectivity index is 2.62. The van der Waals surface area contributed by atoms with Gasteiger partial charge in [0.2, 0.25) is 0 Å². The highest BCUT2D eigenvalue weighted by Crippen LogP contribution is 2.16. The van der Waals surface area contributed by atoms with Crippen molar-refractivity contribution in [1.29, 1.82) is 0 Å². The van der Waals surface area contributed by atoms with Crippen molar-refractivity contribution in [1.82, 2.24) is 5.32 Å². The lowest BCUT2D eigenvalue weighted by Crippen LogP contribution is -2.24. The van der Waals surface area contributed by atoms with Crippen molar-refractivity contribution in [2.75, 3.05) is 6.54 Å². The molecule has 15 heavy (non-hydrogen) atoms. The average molecular weight is 226 g/mol. The molecule has 0 aliphatic carbocycles. The third-order valence-electron chi connectivity index (χ3n) is 2.24. The molecule has 0 aliphatic rings. The Morgan fingerprint density at radius 3 is 2.80 bits per heavy atom. The van der Waals surface area contributed by atoms with E-state index in [-0.39, 0.29) is 5.91 Å². The van der Waals surface area contributed by atoms with Crippen molar-refractivity contribution in [2.24, 2.45) is 0 Å². The normalized spacial score (nSPS) is 10.1. The molecule has 1 amide bonds. The van der Waals surface area contributed by atoms with E-state index in [9.17, 15) is 4.79 Å². The fourth-order valence-electron chi connectivity index (χ4n) is 1.27. The smallest absolute Gasteiger partial charge is 0.251 e. The second kappa shape index (κ2) is 5.76. The fourth-order valence-corrected chi connectivity index (χ4v) is 1.38. The van der Waals surface area contributed by atoms with Gasteiger partial charge in [-0.15, -0.1) is 0 Å².